The molecule has 56 heavy (non-hydrogen) atoms. The van der Waals surface area contributed by atoms with E-state index >= 15 is 0 Å². The number of aromatic nitrogens is 4. The summed E-state index contributed by atoms with van der Waals surface area (Å²) in [6.45, 7) is 0. The van der Waals surface area contributed by atoms with Gasteiger partial charge in [0.1, 0.15) is 11.2 Å². The highest BCUT2D eigenvalue weighted by Crippen LogP contribution is 2.39. The van der Waals surface area contributed by atoms with Crippen molar-refractivity contribution in [3.8, 4) is 62.1 Å². The molecule has 0 aliphatic rings. The van der Waals surface area contributed by atoms with E-state index < -0.39 is 0 Å². The molecule has 5 heteroatoms. The van der Waals surface area contributed by atoms with Gasteiger partial charge in [-0.15, -0.1) is 0 Å². The zero-order chi connectivity index (χ0) is 37.0. The quantitative estimate of drug-likeness (QED) is 0.172. The average Bonchev–Trinajstić information content (AvgIpc) is 3.82. The Morgan fingerprint density at radius 2 is 0.839 bits per heavy atom. The van der Waals surface area contributed by atoms with Gasteiger partial charge in [0, 0.05) is 43.9 Å². The summed E-state index contributed by atoms with van der Waals surface area (Å²) in [4.78, 5) is 15.3. The van der Waals surface area contributed by atoms with Crippen molar-refractivity contribution in [2.24, 2.45) is 0 Å². The summed E-state index contributed by atoms with van der Waals surface area (Å²) >= 11 is 0. The van der Waals surface area contributed by atoms with Crippen molar-refractivity contribution < 1.29 is 4.42 Å². The van der Waals surface area contributed by atoms with E-state index in [-0.39, 0.29) is 0 Å². The fraction of sp³-hybridized carbons (Fsp3) is 0. The van der Waals surface area contributed by atoms with Crippen LogP contribution in [0.15, 0.2) is 199 Å². The Hall–Kier alpha value is -7.63. The molecular weight excluding hydrogens is 685 g/mol. The van der Waals surface area contributed by atoms with Crippen molar-refractivity contribution in [1.29, 1.82) is 0 Å². The van der Waals surface area contributed by atoms with E-state index in [0.29, 0.717) is 17.5 Å². The van der Waals surface area contributed by atoms with E-state index in [9.17, 15) is 0 Å². The molecule has 3 aromatic heterocycles. The zero-order valence-electron chi connectivity index (χ0n) is 30.2. The summed E-state index contributed by atoms with van der Waals surface area (Å²) in [7, 11) is 0. The van der Waals surface area contributed by atoms with Gasteiger partial charge in [-0.05, 0) is 76.9 Å². The van der Waals surface area contributed by atoms with Gasteiger partial charge in [0.25, 0.3) is 0 Å². The van der Waals surface area contributed by atoms with Crippen molar-refractivity contribution in [3.63, 3.8) is 0 Å². The predicted molar refractivity (Wildman–Crippen MR) is 229 cm³/mol. The first kappa shape index (κ1) is 31.9. The Bertz CT molecular complexity index is 3240. The van der Waals surface area contributed by atoms with Gasteiger partial charge in [-0.2, -0.15) is 0 Å². The lowest BCUT2D eigenvalue weighted by molar-refractivity contribution is 0.669. The lowest BCUT2D eigenvalue weighted by Crippen LogP contribution is -2.00. The number of fused-ring (bicyclic) bond motifs is 6. The molecule has 0 N–H and O–H groups in total. The third-order valence-corrected chi connectivity index (χ3v) is 10.6. The van der Waals surface area contributed by atoms with Gasteiger partial charge < -0.3 is 8.98 Å². The van der Waals surface area contributed by atoms with Crippen LogP contribution in [0, 0.1) is 0 Å². The monoisotopic (exact) mass is 716 g/mol. The fourth-order valence-corrected chi connectivity index (χ4v) is 7.92. The minimum atomic E-state index is 0.616. The summed E-state index contributed by atoms with van der Waals surface area (Å²) < 4.78 is 8.61. The molecule has 0 unspecified atom stereocenters. The maximum Gasteiger partial charge on any atom is 0.164 e. The van der Waals surface area contributed by atoms with Crippen LogP contribution in [0.2, 0.25) is 0 Å². The fourth-order valence-electron chi connectivity index (χ4n) is 7.92. The van der Waals surface area contributed by atoms with Crippen LogP contribution in [0.5, 0.6) is 0 Å². The number of hydrogen-bond acceptors (Lipinski definition) is 4. The molecule has 0 saturated carbocycles. The van der Waals surface area contributed by atoms with Crippen LogP contribution >= 0.6 is 0 Å². The molecule has 11 aromatic rings. The molecule has 0 aliphatic carbocycles. The number of benzene rings is 8. The highest BCUT2D eigenvalue weighted by atomic mass is 16.3. The smallest absolute Gasteiger partial charge is 0.164 e. The second-order valence-corrected chi connectivity index (χ2v) is 14.1. The Kier molecular flexibility index (Phi) is 7.42. The van der Waals surface area contributed by atoms with E-state index in [1.807, 2.05) is 48.5 Å². The van der Waals surface area contributed by atoms with E-state index in [0.717, 1.165) is 88.4 Å². The van der Waals surface area contributed by atoms with Crippen LogP contribution < -0.4 is 0 Å². The van der Waals surface area contributed by atoms with E-state index in [4.69, 9.17) is 19.4 Å². The molecule has 5 nitrogen and oxygen atoms in total. The van der Waals surface area contributed by atoms with E-state index in [1.165, 1.54) is 0 Å². The standard InChI is InChI=1S/C51H32N4O/c1-4-13-33(14-5-1)35-17-12-18-38(29-35)50-52-49(34-15-6-2-7-16-34)53-51(54-50)39-24-26-41-44-30-36(25-28-45(44)55(46(41)31-39)40-19-8-3-9-20-40)37-23-27-43-42-21-10-11-22-47(42)56-48(43)32-37/h1-32H. The molecule has 0 fully saturated rings. The molecule has 262 valence electrons. The van der Waals surface area contributed by atoms with Crippen molar-refractivity contribution >= 4 is 43.7 Å². The number of rotatable bonds is 6. The van der Waals surface area contributed by atoms with Crippen LogP contribution in [0.25, 0.3) is 106 Å². The Morgan fingerprint density at radius 1 is 0.304 bits per heavy atom. The lowest BCUT2D eigenvalue weighted by atomic mass is 10.0. The summed E-state index contributed by atoms with van der Waals surface area (Å²) in [5, 5.41) is 4.57. The maximum atomic E-state index is 6.27. The second-order valence-electron chi connectivity index (χ2n) is 14.1. The molecule has 0 spiro atoms. The van der Waals surface area contributed by atoms with Gasteiger partial charge in [0.2, 0.25) is 0 Å². The van der Waals surface area contributed by atoms with Crippen molar-refractivity contribution in [3.05, 3.63) is 194 Å². The van der Waals surface area contributed by atoms with Gasteiger partial charge in [-0.25, -0.2) is 15.0 Å². The van der Waals surface area contributed by atoms with Crippen molar-refractivity contribution in [2.75, 3.05) is 0 Å². The highest BCUT2D eigenvalue weighted by Gasteiger charge is 2.18. The van der Waals surface area contributed by atoms with Crippen LogP contribution in [-0.4, -0.2) is 19.5 Å². The van der Waals surface area contributed by atoms with Gasteiger partial charge in [-0.1, -0.05) is 140 Å². The number of furan rings is 1. The summed E-state index contributed by atoms with van der Waals surface area (Å²) in [6.07, 6.45) is 0. The maximum absolute atomic E-state index is 6.27. The molecule has 3 heterocycles. The SMILES string of the molecule is c1ccc(-c2cccc(-c3nc(-c4ccccc4)nc(-c4ccc5c6cc(-c7ccc8c(c7)oc7ccccc78)ccc6n(-c6ccccc6)c5c4)n3)c2)cc1. The Labute approximate surface area is 322 Å². The molecule has 0 bridgehead atoms. The van der Waals surface area contributed by atoms with Gasteiger partial charge in [0.15, 0.2) is 17.5 Å². The molecule has 0 aliphatic heterocycles. The van der Waals surface area contributed by atoms with Gasteiger partial charge in [0.05, 0.1) is 11.0 Å². The topological polar surface area (TPSA) is 56.7 Å². The van der Waals surface area contributed by atoms with Crippen LogP contribution in [0.1, 0.15) is 0 Å². The molecule has 0 radical (unpaired) electrons. The summed E-state index contributed by atoms with van der Waals surface area (Å²) in [6, 6.07) is 67.5. The van der Waals surface area contributed by atoms with Crippen LogP contribution in [-0.2, 0) is 0 Å². The Morgan fingerprint density at radius 3 is 1.62 bits per heavy atom. The van der Waals surface area contributed by atoms with Gasteiger partial charge in [-0.3, -0.25) is 0 Å². The van der Waals surface area contributed by atoms with Crippen LogP contribution in [0.3, 0.4) is 0 Å². The molecule has 0 atom stereocenters. The lowest BCUT2D eigenvalue weighted by Gasteiger charge is -2.11. The largest absolute Gasteiger partial charge is 0.456 e. The second kappa shape index (κ2) is 13.0. The first-order chi connectivity index (χ1) is 27.7. The molecule has 0 saturated heterocycles. The van der Waals surface area contributed by atoms with Crippen molar-refractivity contribution in [2.45, 2.75) is 0 Å². The zero-order valence-corrected chi connectivity index (χ0v) is 30.2. The third-order valence-electron chi connectivity index (χ3n) is 10.6. The third kappa shape index (κ3) is 5.45. The minimum absolute atomic E-state index is 0.616. The summed E-state index contributed by atoms with van der Waals surface area (Å²) in [5.74, 6) is 1.87. The van der Waals surface area contributed by atoms with Crippen molar-refractivity contribution in [1.82, 2.24) is 19.5 Å². The molecule has 0 amide bonds. The molecule has 11 rings (SSSR count). The average molecular weight is 717 g/mol. The van der Waals surface area contributed by atoms with E-state index in [1.54, 1.807) is 0 Å². The molecule has 8 aromatic carbocycles. The number of nitrogens with zero attached hydrogens (tertiary/aromatic N) is 4. The number of hydrogen-bond donors (Lipinski definition) is 0. The first-order valence-electron chi connectivity index (χ1n) is 18.8. The first-order valence-corrected chi connectivity index (χ1v) is 18.8. The summed E-state index contributed by atoms with van der Waals surface area (Å²) in [5.41, 5.74) is 12.3. The highest BCUT2D eigenvalue weighted by molar-refractivity contribution is 6.12. The van der Waals surface area contributed by atoms with Crippen LogP contribution in [0.4, 0.5) is 0 Å². The van der Waals surface area contributed by atoms with Gasteiger partial charge >= 0.3 is 0 Å². The Balaban J connectivity index is 1.09. The minimum Gasteiger partial charge on any atom is -0.456 e. The number of para-hydroxylation sites is 2. The normalized spacial score (nSPS) is 11.6. The van der Waals surface area contributed by atoms with E-state index in [2.05, 4.69) is 150 Å². The predicted octanol–water partition coefficient (Wildman–Crippen LogP) is 13.2. The molecular formula is C51H32N4O.